The molecule has 1 aromatic carbocycles. The van der Waals surface area contributed by atoms with Gasteiger partial charge in [-0.2, -0.15) is 5.10 Å². The van der Waals surface area contributed by atoms with Crippen LogP contribution in [0.3, 0.4) is 0 Å². The number of aromatic nitrogens is 3. The van der Waals surface area contributed by atoms with Crippen molar-refractivity contribution in [3.63, 3.8) is 0 Å². The highest BCUT2D eigenvalue weighted by Crippen LogP contribution is 2.18. The molecule has 8 heteroatoms. The highest BCUT2D eigenvalue weighted by Gasteiger charge is 2.18. The molecule has 3 rings (SSSR count). The number of rotatable bonds is 6. The number of pyridine rings is 1. The normalized spacial score (nSPS) is 10.2. The van der Waals surface area contributed by atoms with Gasteiger partial charge in [0.05, 0.1) is 11.3 Å². The lowest BCUT2D eigenvalue weighted by Crippen LogP contribution is -2.32. The Labute approximate surface area is 171 Å². The molecule has 2 aromatic heterocycles. The minimum absolute atomic E-state index is 0. The molecule has 146 valence electrons. The summed E-state index contributed by atoms with van der Waals surface area (Å²) < 4.78 is 1.73. The first-order chi connectivity index (χ1) is 12.1. The summed E-state index contributed by atoms with van der Waals surface area (Å²) in [6.45, 7) is 3.66. The molecule has 0 saturated heterocycles. The van der Waals surface area contributed by atoms with E-state index in [-0.39, 0.29) is 30.7 Å². The van der Waals surface area contributed by atoms with Crippen LogP contribution in [0.4, 0.5) is 0 Å². The Morgan fingerprint density at radius 1 is 1.22 bits per heavy atom. The topological polar surface area (TPSA) is 77.0 Å². The number of hydrogen-bond donors (Lipinski definition) is 1. The summed E-state index contributed by atoms with van der Waals surface area (Å²) in [5.41, 5.74) is 8.98. The molecule has 0 aliphatic rings. The lowest BCUT2D eigenvalue weighted by molar-refractivity contribution is 0.0742. The van der Waals surface area contributed by atoms with E-state index in [1.165, 1.54) is 0 Å². The summed E-state index contributed by atoms with van der Waals surface area (Å²) in [6, 6.07) is 11.9. The van der Waals surface area contributed by atoms with Crippen molar-refractivity contribution in [2.24, 2.45) is 12.8 Å². The summed E-state index contributed by atoms with van der Waals surface area (Å²) in [5, 5.41) is 5.27. The van der Waals surface area contributed by atoms with Crippen molar-refractivity contribution in [2.45, 2.75) is 19.9 Å². The molecular weight excluding hydrogens is 385 g/mol. The van der Waals surface area contributed by atoms with Crippen LogP contribution in [0.25, 0.3) is 11.0 Å². The summed E-state index contributed by atoms with van der Waals surface area (Å²) in [7, 11) is 1.85. The van der Waals surface area contributed by atoms with E-state index in [2.05, 4.69) is 10.1 Å². The Morgan fingerprint density at radius 3 is 2.59 bits per heavy atom. The van der Waals surface area contributed by atoms with Gasteiger partial charge in [0.1, 0.15) is 0 Å². The van der Waals surface area contributed by atoms with Crippen LogP contribution in [-0.4, -0.2) is 38.7 Å². The maximum atomic E-state index is 13.0. The zero-order chi connectivity index (χ0) is 17.8. The number of halogens is 2. The molecule has 2 N–H and O–H groups in total. The zero-order valence-electron chi connectivity index (χ0n) is 15.5. The van der Waals surface area contributed by atoms with Crippen LogP contribution in [0.5, 0.6) is 0 Å². The summed E-state index contributed by atoms with van der Waals surface area (Å²) in [6.07, 6.45) is 2.40. The van der Waals surface area contributed by atoms with Gasteiger partial charge in [-0.1, -0.05) is 30.3 Å². The molecule has 0 spiro atoms. The van der Waals surface area contributed by atoms with Crippen molar-refractivity contribution in [1.82, 2.24) is 19.7 Å². The number of nitrogens with two attached hydrogens (primary N) is 1. The number of benzene rings is 1. The van der Waals surface area contributed by atoms with Crippen molar-refractivity contribution in [1.29, 1.82) is 0 Å². The van der Waals surface area contributed by atoms with Crippen LogP contribution in [0.15, 0.2) is 42.6 Å². The molecule has 1 amide bonds. The Morgan fingerprint density at radius 2 is 1.93 bits per heavy atom. The van der Waals surface area contributed by atoms with E-state index < -0.39 is 0 Å². The van der Waals surface area contributed by atoms with Crippen molar-refractivity contribution < 1.29 is 4.79 Å². The van der Waals surface area contributed by atoms with Gasteiger partial charge in [-0.15, -0.1) is 24.8 Å². The van der Waals surface area contributed by atoms with E-state index in [0.29, 0.717) is 25.2 Å². The fraction of sp³-hybridized carbons (Fsp3) is 0.316. The average molecular weight is 410 g/mol. The second kappa shape index (κ2) is 10.3. The van der Waals surface area contributed by atoms with Gasteiger partial charge in [-0.25, -0.2) is 4.98 Å². The summed E-state index contributed by atoms with van der Waals surface area (Å²) >= 11 is 0. The van der Waals surface area contributed by atoms with Gasteiger partial charge < -0.3 is 10.6 Å². The molecule has 3 aromatic rings. The number of nitrogens with zero attached hydrogens (tertiary/aromatic N) is 4. The van der Waals surface area contributed by atoms with Gasteiger partial charge >= 0.3 is 0 Å². The summed E-state index contributed by atoms with van der Waals surface area (Å²) in [4.78, 5) is 19.3. The number of hydrogen-bond acceptors (Lipinski definition) is 4. The predicted molar refractivity (Wildman–Crippen MR) is 113 cm³/mol. The van der Waals surface area contributed by atoms with E-state index in [1.54, 1.807) is 10.9 Å². The van der Waals surface area contributed by atoms with E-state index in [4.69, 9.17) is 5.73 Å². The molecule has 6 nitrogen and oxygen atoms in total. The molecule has 27 heavy (non-hydrogen) atoms. The van der Waals surface area contributed by atoms with Crippen LogP contribution in [0.2, 0.25) is 0 Å². The van der Waals surface area contributed by atoms with Gasteiger partial charge in [0.15, 0.2) is 5.65 Å². The van der Waals surface area contributed by atoms with Crippen LogP contribution >= 0.6 is 24.8 Å². The number of fused-ring (bicyclic) bond motifs is 1. The molecule has 2 heterocycles. The first-order valence-corrected chi connectivity index (χ1v) is 8.42. The minimum atomic E-state index is -0.0324. The smallest absolute Gasteiger partial charge is 0.255 e. The van der Waals surface area contributed by atoms with Gasteiger partial charge in [-0.05, 0) is 31.5 Å². The molecule has 0 unspecified atom stereocenters. The molecule has 0 aliphatic carbocycles. The van der Waals surface area contributed by atoms with E-state index in [1.807, 2.05) is 55.3 Å². The predicted octanol–water partition coefficient (Wildman–Crippen LogP) is 3.11. The number of amides is 1. The molecule has 0 radical (unpaired) electrons. The van der Waals surface area contributed by atoms with Crippen LogP contribution < -0.4 is 5.73 Å². The number of carbonyl (C=O) groups excluding carboxylic acids is 1. The van der Waals surface area contributed by atoms with Crippen molar-refractivity contribution in [3.05, 3.63) is 59.4 Å². The summed E-state index contributed by atoms with van der Waals surface area (Å²) in [5.74, 6) is -0.0324. The lowest BCUT2D eigenvalue weighted by atomic mass is 10.1. The number of aryl methyl sites for hydroxylation is 2. The Balaban J connectivity index is 0.00000182. The quantitative estimate of drug-likeness (QED) is 0.678. The third-order valence-corrected chi connectivity index (χ3v) is 4.25. The van der Waals surface area contributed by atoms with E-state index >= 15 is 0 Å². The van der Waals surface area contributed by atoms with Crippen LogP contribution in [0, 0.1) is 6.92 Å². The molecule has 0 atom stereocenters. The highest BCUT2D eigenvalue weighted by atomic mass is 35.5. The molecule has 0 bridgehead atoms. The largest absolute Gasteiger partial charge is 0.334 e. The fourth-order valence-electron chi connectivity index (χ4n) is 2.95. The van der Waals surface area contributed by atoms with Gasteiger partial charge in [0, 0.05) is 31.7 Å². The van der Waals surface area contributed by atoms with Gasteiger partial charge in [0.2, 0.25) is 0 Å². The van der Waals surface area contributed by atoms with Gasteiger partial charge in [-0.3, -0.25) is 9.48 Å². The lowest BCUT2D eigenvalue weighted by Gasteiger charge is -2.22. The Bertz CT molecular complexity index is 882. The average Bonchev–Trinajstić information content (AvgIpc) is 2.92. The first kappa shape index (κ1) is 22.9. The zero-order valence-corrected chi connectivity index (χ0v) is 17.1. The van der Waals surface area contributed by atoms with Crippen molar-refractivity contribution in [3.8, 4) is 0 Å². The molecular formula is C19H25Cl2N5O. The van der Waals surface area contributed by atoms with Crippen LogP contribution in [0.1, 0.15) is 28.0 Å². The first-order valence-electron chi connectivity index (χ1n) is 8.42. The van der Waals surface area contributed by atoms with Crippen molar-refractivity contribution in [2.75, 3.05) is 13.1 Å². The fourth-order valence-corrected chi connectivity index (χ4v) is 2.95. The van der Waals surface area contributed by atoms with Crippen LogP contribution in [-0.2, 0) is 13.6 Å². The maximum absolute atomic E-state index is 13.0. The third-order valence-electron chi connectivity index (χ3n) is 4.25. The monoisotopic (exact) mass is 409 g/mol. The Hall–Kier alpha value is -2.15. The molecule has 0 fully saturated rings. The standard InChI is InChI=1S/C19H23N5O.2ClH/c1-14-17-11-16(12-21-18(17)23(2)22-14)19(25)24(10-6-9-20)13-15-7-4-3-5-8-15;;/h3-5,7-8,11-12H,6,9-10,13,20H2,1-2H3;2*1H. The SMILES string of the molecule is Cc1nn(C)c2ncc(C(=O)N(CCCN)Cc3ccccc3)cc12.Cl.Cl. The van der Waals surface area contributed by atoms with Crippen molar-refractivity contribution >= 4 is 41.8 Å². The third kappa shape index (κ3) is 5.19. The van der Waals surface area contributed by atoms with Gasteiger partial charge in [0.25, 0.3) is 5.91 Å². The minimum Gasteiger partial charge on any atom is -0.334 e. The molecule has 0 saturated carbocycles. The second-order valence-electron chi connectivity index (χ2n) is 6.16. The second-order valence-corrected chi connectivity index (χ2v) is 6.16. The maximum Gasteiger partial charge on any atom is 0.255 e. The highest BCUT2D eigenvalue weighted by molar-refractivity contribution is 5.97. The van der Waals surface area contributed by atoms with E-state index in [0.717, 1.165) is 28.7 Å². The number of carbonyl (C=O) groups is 1. The Kier molecular flexibility index (Phi) is 8.69. The molecule has 0 aliphatic heterocycles. The van der Waals surface area contributed by atoms with E-state index in [9.17, 15) is 4.79 Å².